The summed E-state index contributed by atoms with van der Waals surface area (Å²) in [6.45, 7) is -0.245. The maximum absolute atomic E-state index is 15.1. The minimum Gasteiger partial charge on any atom is -0.493 e. The maximum atomic E-state index is 15.1. The number of rotatable bonds is 8. The van der Waals surface area contributed by atoms with Crippen LogP contribution in [0.4, 0.5) is 4.39 Å². The van der Waals surface area contributed by atoms with E-state index in [1.807, 2.05) is 54.7 Å². The highest BCUT2D eigenvalue weighted by atomic mass is 19.1. The van der Waals surface area contributed by atoms with Crippen molar-refractivity contribution in [1.82, 2.24) is 10.3 Å². The minimum atomic E-state index is -0.539. The summed E-state index contributed by atoms with van der Waals surface area (Å²) in [5.41, 5.74) is 7.18. The van der Waals surface area contributed by atoms with E-state index in [0.717, 1.165) is 51.6 Å². The van der Waals surface area contributed by atoms with Gasteiger partial charge in [0, 0.05) is 28.2 Å². The van der Waals surface area contributed by atoms with E-state index in [1.165, 1.54) is 6.07 Å². The molecule has 0 bridgehead atoms. The van der Waals surface area contributed by atoms with Gasteiger partial charge < -0.3 is 24.9 Å². The number of carbonyl (C=O) groups excluding carboxylic acids is 1. The first-order chi connectivity index (χ1) is 20.0. The molecule has 5 aromatic rings. The molecule has 4 aromatic carbocycles. The quantitative estimate of drug-likeness (QED) is 0.218. The molecule has 1 aliphatic carbocycles. The Hall–Kier alpha value is -4.62. The van der Waals surface area contributed by atoms with E-state index < -0.39 is 11.9 Å². The fraction of sp³-hybridized carbons (Fsp3) is 0.206. The van der Waals surface area contributed by atoms with Crippen LogP contribution in [-0.4, -0.2) is 42.9 Å². The number of hydrogen-bond acceptors (Lipinski definition) is 4. The van der Waals surface area contributed by atoms with Gasteiger partial charge in [0.2, 0.25) is 0 Å². The Kier molecular flexibility index (Phi) is 7.20. The molecule has 6 rings (SSSR count). The lowest BCUT2D eigenvalue weighted by molar-refractivity contribution is 0.0917. The van der Waals surface area contributed by atoms with Crippen LogP contribution in [0.5, 0.6) is 11.5 Å². The van der Waals surface area contributed by atoms with Gasteiger partial charge in [-0.3, -0.25) is 4.79 Å². The Morgan fingerprint density at radius 1 is 0.902 bits per heavy atom. The summed E-state index contributed by atoms with van der Waals surface area (Å²) in [4.78, 5) is 17.2. The molecular weight excluding hydrogens is 519 g/mol. The van der Waals surface area contributed by atoms with E-state index in [0.29, 0.717) is 34.6 Å². The van der Waals surface area contributed by atoms with Crippen molar-refractivity contribution in [3.63, 3.8) is 0 Å². The van der Waals surface area contributed by atoms with E-state index in [9.17, 15) is 9.90 Å². The number of aryl methyl sites for hydroxylation is 2. The van der Waals surface area contributed by atoms with Crippen LogP contribution in [0.2, 0.25) is 0 Å². The third-order valence-corrected chi connectivity index (χ3v) is 7.91. The second-order valence-corrected chi connectivity index (χ2v) is 10.3. The zero-order valence-electron chi connectivity index (χ0n) is 23.0. The highest BCUT2D eigenvalue weighted by Gasteiger charge is 2.26. The third kappa shape index (κ3) is 4.93. The van der Waals surface area contributed by atoms with Gasteiger partial charge in [-0.05, 0) is 89.0 Å². The first kappa shape index (κ1) is 26.6. The van der Waals surface area contributed by atoms with E-state index >= 15 is 4.39 Å². The van der Waals surface area contributed by atoms with Crippen LogP contribution < -0.4 is 14.8 Å². The molecule has 3 N–H and O–H groups in total. The van der Waals surface area contributed by atoms with E-state index in [-0.39, 0.29) is 12.5 Å². The van der Waals surface area contributed by atoms with Crippen LogP contribution in [0.25, 0.3) is 33.2 Å². The third-order valence-electron chi connectivity index (χ3n) is 7.91. The highest BCUT2D eigenvalue weighted by Crippen LogP contribution is 2.43. The molecule has 1 aromatic heterocycles. The second-order valence-electron chi connectivity index (χ2n) is 10.3. The van der Waals surface area contributed by atoms with Gasteiger partial charge >= 0.3 is 0 Å². The molecule has 0 fully saturated rings. The number of amides is 1. The Bertz CT molecular complexity index is 1760. The molecule has 0 radical (unpaired) electrons. The molecule has 0 spiro atoms. The number of para-hydroxylation sites is 1. The van der Waals surface area contributed by atoms with Gasteiger partial charge in [0.05, 0.1) is 26.9 Å². The van der Waals surface area contributed by atoms with Crippen LogP contribution in [0, 0.1) is 5.82 Å². The van der Waals surface area contributed by atoms with Gasteiger partial charge in [-0.2, -0.15) is 0 Å². The fourth-order valence-electron chi connectivity index (χ4n) is 5.83. The van der Waals surface area contributed by atoms with Gasteiger partial charge in [0.25, 0.3) is 5.91 Å². The molecule has 0 aliphatic heterocycles. The number of ether oxygens (including phenoxy) is 2. The Balaban J connectivity index is 1.42. The Labute approximate surface area is 237 Å². The number of methoxy groups -OCH3 is 2. The summed E-state index contributed by atoms with van der Waals surface area (Å²) in [5, 5.41) is 14.3. The van der Waals surface area contributed by atoms with Crippen molar-refractivity contribution in [2.75, 3.05) is 20.8 Å². The smallest absolute Gasteiger partial charge is 0.252 e. The van der Waals surface area contributed by atoms with Crippen LogP contribution in [0.3, 0.4) is 0 Å². The zero-order chi connectivity index (χ0) is 28.5. The number of carbonyl (C=O) groups is 1. The molecule has 1 amide bonds. The molecule has 0 saturated heterocycles. The minimum absolute atomic E-state index is 0.245. The average Bonchev–Trinajstić information content (AvgIpc) is 3.42. The number of aliphatic hydroxyl groups is 1. The molecule has 1 heterocycles. The first-order valence-electron chi connectivity index (χ1n) is 13.6. The van der Waals surface area contributed by atoms with Crippen molar-refractivity contribution < 1.29 is 23.8 Å². The van der Waals surface area contributed by atoms with Crippen molar-refractivity contribution in [1.29, 1.82) is 0 Å². The molecular formula is C34H31FN2O4. The summed E-state index contributed by atoms with van der Waals surface area (Å²) < 4.78 is 26.2. The number of halogens is 1. The molecule has 41 heavy (non-hydrogen) atoms. The maximum Gasteiger partial charge on any atom is 0.252 e. The number of aromatic amines is 1. The molecule has 208 valence electrons. The first-order valence-corrected chi connectivity index (χ1v) is 13.6. The SMILES string of the molecule is COc1cc2c(cc1OC)-c1cc(C(=O)NC(CO)Cc3c[nH]c4ccccc34)c(-c3ccccc3F)cc1CC2. The summed E-state index contributed by atoms with van der Waals surface area (Å²) >= 11 is 0. The lowest BCUT2D eigenvalue weighted by Gasteiger charge is -2.25. The predicted octanol–water partition coefficient (Wildman–Crippen LogP) is 6.09. The number of benzene rings is 4. The zero-order valence-corrected chi connectivity index (χ0v) is 23.0. The lowest BCUT2D eigenvalue weighted by Crippen LogP contribution is -2.39. The van der Waals surface area contributed by atoms with Crippen molar-refractivity contribution in [2.24, 2.45) is 0 Å². The van der Waals surface area contributed by atoms with Crippen molar-refractivity contribution in [2.45, 2.75) is 25.3 Å². The topological polar surface area (TPSA) is 83.6 Å². The molecule has 1 atom stereocenters. The van der Waals surface area contributed by atoms with Crippen molar-refractivity contribution in [3.8, 4) is 33.8 Å². The fourth-order valence-corrected chi connectivity index (χ4v) is 5.83. The Morgan fingerprint density at radius 2 is 1.59 bits per heavy atom. The number of nitrogens with one attached hydrogen (secondary N) is 2. The monoisotopic (exact) mass is 550 g/mol. The van der Waals surface area contributed by atoms with Gasteiger partial charge in [-0.25, -0.2) is 4.39 Å². The Morgan fingerprint density at radius 3 is 2.34 bits per heavy atom. The molecule has 1 unspecified atom stereocenters. The molecule has 6 nitrogen and oxygen atoms in total. The second kappa shape index (κ2) is 11.1. The lowest BCUT2D eigenvalue weighted by atomic mass is 9.82. The number of fused-ring (bicyclic) bond motifs is 4. The summed E-state index contributed by atoms with van der Waals surface area (Å²) in [6, 6.07) is 21.5. The van der Waals surface area contributed by atoms with E-state index in [4.69, 9.17) is 9.47 Å². The van der Waals surface area contributed by atoms with Crippen molar-refractivity contribution >= 4 is 16.8 Å². The number of aliphatic hydroxyl groups excluding tert-OH is 1. The van der Waals surface area contributed by atoms with Gasteiger partial charge in [-0.1, -0.05) is 36.4 Å². The number of H-pyrrole nitrogens is 1. The van der Waals surface area contributed by atoms with Crippen LogP contribution in [0.1, 0.15) is 27.0 Å². The largest absolute Gasteiger partial charge is 0.493 e. The van der Waals surface area contributed by atoms with Gasteiger partial charge in [-0.15, -0.1) is 0 Å². The summed E-state index contributed by atoms with van der Waals surface area (Å²) in [6.07, 6.45) is 3.86. The molecule has 7 heteroatoms. The summed E-state index contributed by atoms with van der Waals surface area (Å²) in [7, 11) is 3.20. The highest BCUT2D eigenvalue weighted by molar-refractivity contribution is 6.03. The normalized spacial score (nSPS) is 12.9. The van der Waals surface area contributed by atoms with Crippen LogP contribution in [-0.2, 0) is 19.3 Å². The van der Waals surface area contributed by atoms with E-state index in [1.54, 1.807) is 32.4 Å². The number of hydrogen-bond donors (Lipinski definition) is 3. The number of aromatic nitrogens is 1. The predicted molar refractivity (Wildman–Crippen MR) is 158 cm³/mol. The average molecular weight is 551 g/mol. The van der Waals surface area contributed by atoms with Gasteiger partial charge in [0.1, 0.15) is 5.82 Å². The van der Waals surface area contributed by atoms with Crippen LogP contribution >= 0.6 is 0 Å². The van der Waals surface area contributed by atoms with Crippen LogP contribution in [0.15, 0.2) is 79.0 Å². The van der Waals surface area contributed by atoms with Gasteiger partial charge in [0.15, 0.2) is 11.5 Å². The van der Waals surface area contributed by atoms with E-state index in [2.05, 4.69) is 10.3 Å². The standard InChI is InChI=1S/C34H31FN2O4/c1-40-32-15-21-12-11-20-14-28(25-8-3-5-9-30(25)35)29(16-26(20)27(21)17-33(32)41-2)34(39)37-23(19-38)13-22-18-36-31-10-6-4-7-24(22)31/h3-10,14-18,23,36,38H,11-13,19H2,1-2H3,(H,37,39). The van der Waals surface area contributed by atoms with Crippen molar-refractivity contribution in [3.05, 3.63) is 107 Å². The summed E-state index contributed by atoms with van der Waals surface area (Å²) in [5.74, 6) is 0.472. The molecule has 1 aliphatic rings. The molecule has 0 saturated carbocycles.